The van der Waals surface area contributed by atoms with Crippen LogP contribution in [0.2, 0.25) is 0 Å². The minimum Gasteiger partial charge on any atom is -0.484 e. The van der Waals surface area contributed by atoms with Gasteiger partial charge in [0.05, 0.1) is 6.21 Å². The highest BCUT2D eigenvalue weighted by atomic mass is 16.5. The molecule has 1 aliphatic rings. The van der Waals surface area contributed by atoms with Gasteiger partial charge in [0.15, 0.2) is 6.61 Å². The number of hydrogen-bond acceptors (Lipinski definition) is 4. The van der Waals surface area contributed by atoms with E-state index in [1.54, 1.807) is 24.4 Å². The van der Waals surface area contributed by atoms with E-state index in [0.29, 0.717) is 11.3 Å². The zero-order chi connectivity index (χ0) is 19.8. The van der Waals surface area contributed by atoms with Gasteiger partial charge in [0.1, 0.15) is 5.75 Å². The molecule has 0 atom stereocenters. The number of nitrogens with one attached hydrogen (secondary N) is 1. The van der Waals surface area contributed by atoms with E-state index in [-0.39, 0.29) is 18.4 Å². The number of amides is 2. The third-order valence-electron chi connectivity index (χ3n) is 4.61. The minimum absolute atomic E-state index is 0.0317. The fraction of sp³-hybridized carbons (Fsp3) is 0.318. The van der Waals surface area contributed by atoms with E-state index in [9.17, 15) is 9.59 Å². The van der Waals surface area contributed by atoms with Crippen LogP contribution in [0.25, 0.3) is 0 Å². The molecule has 28 heavy (non-hydrogen) atoms. The van der Waals surface area contributed by atoms with Crippen molar-refractivity contribution < 1.29 is 14.3 Å². The summed E-state index contributed by atoms with van der Waals surface area (Å²) in [6.45, 7) is 3.64. The quantitative estimate of drug-likeness (QED) is 0.619. The molecule has 0 bridgehead atoms. The summed E-state index contributed by atoms with van der Waals surface area (Å²) in [5.74, 6) is 0.409. The molecular formula is C22H25N3O3. The number of nitrogens with zero attached hydrogens (tertiary/aromatic N) is 2. The highest BCUT2D eigenvalue weighted by Crippen LogP contribution is 2.13. The molecule has 1 aliphatic heterocycles. The molecule has 1 saturated heterocycles. The van der Waals surface area contributed by atoms with Crippen LogP contribution in [0, 0.1) is 6.92 Å². The van der Waals surface area contributed by atoms with Crippen molar-refractivity contribution in [2.45, 2.75) is 26.2 Å². The summed E-state index contributed by atoms with van der Waals surface area (Å²) in [6.07, 6.45) is 4.90. The van der Waals surface area contributed by atoms with Gasteiger partial charge in [-0.25, -0.2) is 5.43 Å². The van der Waals surface area contributed by atoms with Gasteiger partial charge in [0, 0.05) is 18.7 Å². The Hall–Kier alpha value is -3.15. The van der Waals surface area contributed by atoms with Gasteiger partial charge in [-0.15, -0.1) is 0 Å². The molecule has 0 aromatic heterocycles. The normalized spacial score (nSPS) is 14.1. The van der Waals surface area contributed by atoms with Crippen molar-refractivity contribution in [1.29, 1.82) is 0 Å². The lowest BCUT2D eigenvalue weighted by Gasteiger charge is -2.26. The second-order valence-electron chi connectivity index (χ2n) is 6.87. The van der Waals surface area contributed by atoms with Crippen LogP contribution in [0.15, 0.2) is 53.6 Å². The van der Waals surface area contributed by atoms with Crippen molar-refractivity contribution in [3.8, 4) is 5.75 Å². The molecule has 6 nitrogen and oxygen atoms in total. The van der Waals surface area contributed by atoms with Crippen molar-refractivity contribution in [3.05, 3.63) is 65.2 Å². The number of hydrogen-bond donors (Lipinski definition) is 1. The summed E-state index contributed by atoms with van der Waals surface area (Å²) in [7, 11) is 0. The smallest absolute Gasteiger partial charge is 0.271 e. The molecule has 0 aliphatic carbocycles. The summed E-state index contributed by atoms with van der Waals surface area (Å²) in [4.78, 5) is 26.0. The van der Waals surface area contributed by atoms with Crippen LogP contribution in [0.4, 0.5) is 0 Å². The third-order valence-corrected chi connectivity index (χ3v) is 4.61. The fourth-order valence-corrected chi connectivity index (χ4v) is 3.05. The standard InChI is InChI=1S/C22H25N3O3/c1-17-6-5-7-19(14-17)22(27)24-23-15-18-8-10-20(11-9-18)28-16-21(26)25-12-3-2-4-13-25/h5-11,14-15H,2-4,12-13,16H2,1H3,(H,24,27). The van der Waals surface area contributed by atoms with Gasteiger partial charge in [-0.2, -0.15) is 5.10 Å². The SMILES string of the molecule is Cc1cccc(C(=O)NN=Cc2ccc(OCC(=O)N3CCCCC3)cc2)c1. The molecule has 2 aromatic rings. The molecule has 0 unspecified atom stereocenters. The van der Waals surface area contributed by atoms with Crippen LogP contribution < -0.4 is 10.2 Å². The number of carbonyl (C=O) groups excluding carboxylic acids is 2. The molecule has 1 N–H and O–H groups in total. The van der Waals surface area contributed by atoms with Gasteiger partial charge in [0.25, 0.3) is 11.8 Å². The summed E-state index contributed by atoms with van der Waals surface area (Å²) < 4.78 is 5.58. The number of carbonyl (C=O) groups is 2. The predicted molar refractivity (Wildman–Crippen MR) is 109 cm³/mol. The fourth-order valence-electron chi connectivity index (χ4n) is 3.05. The molecular weight excluding hydrogens is 354 g/mol. The summed E-state index contributed by atoms with van der Waals surface area (Å²) >= 11 is 0. The lowest BCUT2D eigenvalue weighted by Crippen LogP contribution is -2.38. The van der Waals surface area contributed by atoms with Gasteiger partial charge in [0.2, 0.25) is 0 Å². The molecule has 3 rings (SSSR count). The number of ether oxygens (including phenoxy) is 1. The first-order valence-corrected chi connectivity index (χ1v) is 9.52. The molecule has 1 heterocycles. The van der Waals surface area contributed by atoms with Crippen molar-refractivity contribution in [1.82, 2.24) is 10.3 Å². The summed E-state index contributed by atoms with van der Waals surface area (Å²) in [6, 6.07) is 14.5. The highest BCUT2D eigenvalue weighted by molar-refractivity contribution is 5.95. The molecule has 0 radical (unpaired) electrons. The Morgan fingerprint density at radius 2 is 1.86 bits per heavy atom. The number of likely N-dealkylation sites (tertiary alicyclic amines) is 1. The van der Waals surface area contributed by atoms with E-state index < -0.39 is 0 Å². The van der Waals surface area contributed by atoms with E-state index in [1.165, 1.54) is 6.42 Å². The predicted octanol–water partition coefficient (Wildman–Crippen LogP) is 3.15. The molecule has 1 fully saturated rings. The molecule has 0 saturated carbocycles. The zero-order valence-corrected chi connectivity index (χ0v) is 16.1. The van der Waals surface area contributed by atoms with Crippen LogP contribution in [0.3, 0.4) is 0 Å². The number of aryl methyl sites for hydroxylation is 1. The van der Waals surface area contributed by atoms with Crippen LogP contribution in [-0.2, 0) is 4.79 Å². The maximum atomic E-state index is 12.1. The van der Waals surface area contributed by atoms with E-state index in [1.807, 2.05) is 42.2 Å². The number of rotatable bonds is 6. The third kappa shape index (κ3) is 5.67. The first kappa shape index (κ1) is 19.6. The second kappa shape index (κ2) is 9.69. The van der Waals surface area contributed by atoms with Crippen molar-refractivity contribution in [2.24, 2.45) is 5.10 Å². The largest absolute Gasteiger partial charge is 0.484 e. The Morgan fingerprint density at radius 1 is 1.11 bits per heavy atom. The Kier molecular flexibility index (Phi) is 6.78. The van der Waals surface area contributed by atoms with Gasteiger partial charge in [-0.1, -0.05) is 17.7 Å². The Bertz CT molecular complexity index is 840. The van der Waals surface area contributed by atoms with Gasteiger partial charge >= 0.3 is 0 Å². The second-order valence-corrected chi connectivity index (χ2v) is 6.87. The topological polar surface area (TPSA) is 71.0 Å². The number of piperidine rings is 1. The summed E-state index contributed by atoms with van der Waals surface area (Å²) in [5.41, 5.74) is 4.92. The molecule has 6 heteroatoms. The highest BCUT2D eigenvalue weighted by Gasteiger charge is 2.16. The lowest BCUT2D eigenvalue weighted by molar-refractivity contribution is -0.134. The van der Waals surface area contributed by atoms with E-state index in [2.05, 4.69) is 10.5 Å². The Labute approximate surface area is 165 Å². The van der Waals surface area contributed by atoms with Crippen LogP contribution in [-0.4, -0.2) is 42.6 Å². The number of hydrazone groups is 1. The minimum atomic E-state index is -0.254. The first-order chi connectivity index (χ1) is 13.6. The van der Waals surface area contributed by atoms with Crippen LogP contribution >= 0.6 is 0 Å². The Balaban J connectivity index is 1.46. The monoisotopic (exact) mass is 379 g/mol. The van der Waals surface area contributed by atoms with Crippen molar-refractivity contribution in [2.75, 3.05) is 19.7 Å². The lowest BCUT2D eigenvalue weighted by atomic mass is 10.1. The maximum Gasteiger partial charge on any atom is 0.271 e. The average Bonchev–Trinajstić information content (AvgIpc) is 2.73. The molecule has 2 aromatic carbocycles. The van der Waals surface area contributed by atoms with E-state index in [4.69, 9.17) is 4.74 Å². The molecule has 2 amide bonds. The van der Waals surface area contributed by atoms with E-state index in [0.717, 1.165) is 37.1 Å². The Morgan fingerprint density at radius 3 is 2.57 bits per heavy atom. The van der Waals surface area contributed by atoms with Crippen LogP contribution in [0.5, 0.6) is 5.75 Å². The van der Waals surface area contributed by atoms with Crippen molar-refractivity contribution in [3.63, 3.8) is 0 Å². The first-order valence-electron chi connectivity index (χ1n) is 9.52. The molecule has 146 valence electrons. The number of benzene rings is 2. The average molecular weight is 379 g/mol. The maximum absolute atomic E-state index is 12.1. The van der Waals surface area contributed by atoms with Crippen LogP contribution in [0.1, 0.15) is 40.7 Å². The van der Waals surface area contributed by atoms with Gasteiger partial charge in [-0.05, 0) is 68.1 Å². The summed E-state index contributed by atoms with van der Waals surface area (Å²) in [5, 5.41) is 3.99. The van der Waals surface area contributed by atoms with Gasteiger partial charge in [-0.3, -0.25) is 9.59 Å². The van der Waals surface area contributed by atoms with E-state index >= 15 is 0 Å². The molecule has 0 spiro atoms. The zero-order valence-electron chi connectivity index (χ0n) is 16.1. The van der Waals surface area contributed by atoms with Gasteiger partial charge < -0.3 is 9.64 Å². The van der Waals surface area contributed by atoms with Crippen molar-refractivity contribution >= 4 is 18.0 Å².